The third-order valence-electron chi connectivity index (χ3n) is 3.97. The largest absolute Gasteiger partial charge is 0.565 e. The van der Waals surface area contributed by atoms with Crippen LogP contribution in [0.1, 0.15) is 45.1 Å². The number of hydrogen-bond acceptors (Lipinski definition) is 2. The Morgan fingerprint density at radius 3 is 2.54 bits per heavy atom. The van der Waals surface area contributed by atoms with Crippen LogP contribution in [0.5, 0.6) is 0 Å². The fourth-order valence-electron chi connectivity index (χ4n) is 2.65. The smallest absolute Gasteiger partial charge is 0.249 e. The predicted octanol–water partition coefficient (Wildman–Crippen LogP) is 2.93. The van der Waals surface area contributed by atoms with Crippen molar-refractivity contribution in [3.63, 3.8) is 0 Å². The van der Waals surface area contributed by atoms with E-state index in [4.69, 9.17) is 15.0 Å². The average Bonchev–Trinajstić information content (AvgIpc) is 2.99. The van der Waals surface area contributed by atoms with Crippen LogP contribution in [-0.4, -0.2) is 15.8 Å². The van der Waals surface area contributed by atoms with Crippen molar-refractivity contribution in [3.8, 4) is 0 Å². The first-order chi connectivity index (χ1) is 11.5. The second-order valence-corrected chi connectivity index (χ2v) is 5.95. The van der Waals surface area contributed by atoms with Gasteiger partial charge in [-0.3, -0.25) is 0 Å². The summed E-state index contributed by atoms with van der Waals surface area (Å²) < 4.78 is 4.61. The third-order valence-corrected chi connectivity index (χ3v) is 3.97. The molecule has 0 bridgehead atoms. The van der Waals surface area contributed by atoms with Gasteiger partial charge in [0, 0.05) is 0 Å². The molecule has 0 aliphatic carbocycles. The lowest BCUT2D eigenvalue weighted by Gasteiger charge is -2.11. The van der Waals surface area contributed by atoms with Crippen LogP contribution >= 0.6 is 0 Å². The molecule has 132 valence electrons. The van der Waals surface area contributed by atoms with Gasteiger partial charge in [0.25, 0.3) is 0 Å². The van der Waals surface area contributed by atoms with E-state index in [1.54, 1.807) is 0 Å². The summed E-state index contributed by atoms with van der Waals surface area (Å²) in [6, 6.07) is 10.6. The van der Waals surface area contributed by atoms with Crippen LogP contribution in [0.3, 0.4) is 0 Å². The van der Waals surface area contributed by atoms with Crippen molar-refractivity contribution in [2.45, 2.75) is 52.6 Å². The molecule has 0 radical (unpaired) electrons. The van der Waals surface area contributed by atoms with Gasteiger partial charge in [0.2, 0.25) is 12.5 Å². The van der Waals surface area contributed by atoms with Crippen LogP contribution in [0.15, 0.2) is 49.1 Å². The Hall–Kier alpha value is -2.30. The Morgan fingerprint density at radius 1 is 1.29 bits per heavy atom. The van der Waals surface area contributed by atoms with E-state index >= 15 is 0 Å². The summed E-state index contributed by atoms with van der Waals surface area (Å²) in [5, 5.41) is 15.3. The second-order valence-electron chi connectivity index (χ2n) is 5.95. The molecule has 0 saturated carbocycles. The molecule has 1 aromatic heterocycles. The molecule has 2 aromatic rings. The Balaban J connectivity index is 0.000000648. The Bertz CT molecular complexity index is 577. The van der Waals surface area contributed by atoms with Gasteiger partial charge in [0.05, 0.1) is 6.54 Å². The van der Waals surface area contributed by atoms with Gasteiger partial charge in [-0.2, -0.15) is 0 Å². The van der Waals surface area contributed by atoms with Crippen molar-refractivity contribution < 1.29 is 19.6 Å². The summed E-state index contributed by atoms with van der Waals surface area (Å²) in [6.07, 6.45) is 9.82. The van der Waals surface area contributed by atoms with Crippen LogP contribution in [0.4, 0.5) is 4.79 Å². The van der Waals surface area contributed by atoms with Crippen molar-refractivity contribution in [2.75, 3.05) is 0 Å². The number of benzene rings is 1. The van der Waals surface area contributed by atoms with E-state index in [0.29, 0.717) is 0 Å². The molecule has 0 amide bonds. The maximum absolute atomic E-state index is 8.44. The lowest BCUT2D eigenvalue weighted by atomic mass is 9.99. The lowest BCUT2D eigenvalue weighted by molar-refractivity contribution is -0.703. The summed E-state index contributed by atoms with van der Waals surface area (Å²) in [5.41, 5.74) is 1.35. The molecule has 1 N–H and O–H groups in total. The van der Waals surface area contributed by atoms with Crippen molar-refractivity contribution in [1.82, 2.24) is 4.57 Å². The topological polar surface area (TPSA) is 69.2 Å². The Kier molecular flexibility index (Phi) is 9.27. The Morgan fingerprint density at radius 2 is 1.96 bits per heavy atom. The molecule has 0 saturated heterocycles. The number of rotatable bonds is 8. The molecule has 1 heterocycles. The van der Waals surface area contributed by atoms with Gasteiger partial charge in [0.15, 0.2) is 0 Å². The molecule has 2 rings (SSSR count). The van der Waals surface area contributed by atoms with E-state index in [9.17, 15) is 0 Å². The molecule has 24 heavy (non-hydrogen) atoms. The van der Waals surface area contributed by atoms with Crippen LogP contribution in [0, 0.1) is 5.92 Å². The number of hydrogen-bond donors (Lipinski definition) is 1. The van der Waals surface area contributed by atoms with Gasteiger partial charge < -0.3 is 15.0 Å². The predicted molar refractivity (Wildman–Crippen MR) is 91.5 cm³/mol. The zero-order valence-corrected chi connectivity index (χ0v) is 14.6. The minimum Gasteiger partial charge on any atom is -0.565 e. The standard InChI is InChI=1S/C18H27N2.CH2O3/c1-3-5-9-17(4-2)14-19-12-13-20(16-19)15-18-10-7-6-8-11-18;2-1(3)4/h6-8,10-13,16-17H,3-5,9,14-15H2,1-2H3;(H2,2,3,4)/q+1;/p-1. The first kappa shape index (κ1) is 19.7. The first-order valence-electron chi connectivity index (χ1n) is 8.53. The number of aromatic nitrogens is 2. The lowest BCUT2D eigenvalue weighted by Crippen LogP contribution is -2.35. The van der Waals surface area contributed by atoms with E-state index in [2.05, 4.69) is 72.0 Å². The van der Waals surface area contributed by atoms with Gasteiger partial charge in [0.1, 0.15) is 18.9 Å². The first-order valence-corrected chi connectivity index (χ1v) is 8.53. The number of carboxylic acid groups (broad SMARTS) is 2. The summed E-state index contributed by atoms with van der Waals surface area (Å²) in [5.74, 6) is 0.813. The highest BCUT2D eigenvalue weighted by Crippen LogP contribution is 2.12. The molecule has 5 heteroatoms. The monoisotopic (exact) mass is 332 g/mol. The maximum Gasteiger partial charge on any atom is 0.249 e. The maximum atomic E-state index is 8.44. The summed E-state index contributed by atoms with van der Waals surface area (Å²) in [4.78, 5) is 8.44. The zero-order chi connectivity index (χ0) is 17.8. The highest BCUT2D eigenvalue weighted by molar-refractivity contribution is 5.50. The second kappa shape index (κ2) is 11.3. The van der Waals surface area contributed by atoms with Crippen LogP contribution in [-0.2, 0) is 13.1 Å². The highest BCUT2D eigenvalue weighted by Gasteiger charge is 2.11. The molecule has 0 aliphatic heterocycles. The molecule has 1 atom stereocenters. The van der Waals surface area contributed by atoms with E-state index < -0.39 is 6.16 Å². The van der Waals surface area contributed by atoms with Crippen molar-refractivity contribution in [2.24, 2.45) is 5.92 Å². The highest BCUT2D eigenvalue weighted by atomic mass is 16.6. The van der Waals surface area contributed by atoms with Gasteiger partial charge in [-0.1, -0.05) is 57.0 Å². The summed E-state index contributed by atoms with van der Waals surface area (Å²) >= 11 is 0. The number of imidazole rings is 1. The van der Waals surface area contributed by atoms with Gasteiger partial charge >= 0.3 is 0 Å². The van der Waals surface area contributed by atoms with Gasteiger partial charge in [-0.15, -0.1) is 0 Å². The molecule has 0 aliphatic rings. The molecular formula is C19H28N2O3. The molecular weight excluding hydrogens is 304 g/mol. The number of nitrogens with zero attached hydrogens (tertiary/aromatic N) is 2. The van der Waals surface area contributed by atoms with Crippen molar-refractivity contribution >= 4 is 6.16 Å². The molecule has 0 fully saturated rings. The minimum absolute atomic E-state index is 0.813. The van der Waals surface area contributed by atoms with Crippen LogP contribution in [0.2, 0.25) is 0 Å². The minimum atomic E-state index is -2.08. The quantitative estimate of drug-likeness (QED) is 0.756. The molecule has 0 spiro atoms. The van der Waals surface area contributed by atoms with Gasteiger partial charge in [-0.25, -0.2) is 9.13 Å². The summed E-state index contributed by atoms with van der Waals surface area (Å²) in [7, 11) is 0. The van der Waals surface area contributed by atoms with E-state index in [1.165, 1.54) is 31.2 Å². The van der Waals surface area contributed by atoms with E-state index in [1.807, 2.05) is 0 Å². The fraction of sp³-hybridized carbons (Fsp3) is 0.474. The average molecular weight is 332 g/mol. The summed E-state index contributed by atoms with van der Waals surface area (Å²) in [6.45, 7) is 6.69. The van der Waals surface area contributed by atoms with Gasteiger partial charge in [-0.05, 0) is 24.3 Å². The normalized spacial score (nSPS) is 11.4. The number of unbranched alkanes of at least 4 members (excludes halogenated alkanes) is 1. The molecule has 1 aromatic carbocycles. The van der Waals surface area contributed by atoms with Crippen LogP contribution < -0.4 is 9.67 Å². The fourth-order valence-corrected chi connectivity index (χ4v) is 2.65. The van der Waals surface area contributed by atoms with Crippen molar-refractivity contribution in [1.29, 1.82) is 0 Å². The Labute approximate surface area is 144 Å². The molecule has 1 unspecified atom stereocenters. The molecule has 5 nitrogen and oxygen atoms in total. The van der Waals surface area contributed by atoms with E-state index in [-0.39, 0.29) is 0 Å². The number of carbonyl (C=O) groups is 1. The van der Waals surface area contributed by atoms with E-state index in [0.717, 1.165) is 19.0 Å². The van der Waals surface area contributed by atoms with Crippen molar-refractivity contribution in [3.05, 3.63) is 54.6 Å². The zero-order valence-electron chi connectivity index (χ0n) is 14.6. The SMILES string of the molecule is CCCCC(CC)C[n+]1ccn(Cc2ccccc2)c1.O=C([O-])O. The third kappa shape index (κ3) is 8.36. The van der Waals surface area contributed by atoms with Crippen LogP contribution in [0.25, 0.3) is 0 Å².